The van der Waals surface area contributed by atoms with Gasteiger partial charge in [0.1, 0.15) is 5.75 Å². The molecule has 0 aliphatic rings. The van der Waals surface area contributed by atoms with E-state index in [-0.39, 0.29) is 0 Å². The van der Waals surface area contributed by atoms with Crippen molar-refractivity contribution < 1.29 is 14.2 Å². The van der Waals surface area contributed by atoms with Gasteiger partial charge < -0.3 is 14.2 Å². The number of ether oxygens (including phenoxy) is 3. The van der Waals surface area contributed by atoms with Crippen LogP contribution in [0.5, 0.6) is 17.2 Å². The summed E-state index contributed by atoms with van der Waals surface area (Å²) in [7, 11) is 1.65. The van der Waals surface area contributed by atoms with Gasteiger partial charge >= 0.3 is 0 Å². The smallest absolute Gasteiger partial charge is 0.203 e. The number of hydrazone groups is 1. The maximum absolute atomic E-state index is 6.39. The van der Waals surface area contributed by atoms with E-state index in [1.54, 1.807) is 19.4 Å². The van der Waals surface area contributed by atoms with Gasteiger partial charge in [0.2, 0.25) is 5.13 Å². The minimum absolute atomic E-state index is 0.489. The summed E-state index contributed by atoms with van der Waals surface area (Å²) in [6.45, 7) is 5.05. The minimum Gasteiger partial charge on any atom is -0.496 e. The normalized spacial score (nSPS) is 10.9. The van der Waals surface area contributed by atoms with Crippen molar-refractivity contribution in [1.82, 2.24) is 4.98 Å². The van der Waals surface area contributed by atoms with Gasteiger partial charge in [-0.2, -0.15) is 5.10 Å². The molecule has 1 heterocycles. The number of rotatable bonds is 10. The maximum atomic E-state index is 6.39. The Hall–Kier alpha value is -2.77. The van der Waals surface area contributed by atoms with Gasteiger partial charge in [0.25, 0.3) is 0 Å². The molecule has 0 aliphatic carbocycles. The number of para-hydroxylation sites is 1. The Bertz CT molecular complexity index is 1010. The number of hydrogen-bond acceptors (Lipinski definition) is 7. The molecule has 0 aliphatic heterocycles. The molecule has 0 saturated carbocycles. The topological polar surface area (TPSA) is 65.0 Å². The fourth-order valence-electron chi connectivity index (χ4n) is 2.74. The van der Waals surface area contributed by atoms with Crippen LogP contribution in [-0.2, 0) is 0 Å². The summed E-state index contributed by atoms with van der Waals surface area (Å²) in [6.07, 6.45) is 2.56. The van der Waals surface area contributed by atoms with Crippen LogP contribution in [0.2, 0.25) is 5.02 Å². The minimum atomic E-state index is 0.489. The number of nitrogens with zero attached hydrogens (tertiary/aromatic N) is 2. The van der Waals surface area contributed by atoms with Gasteiger partial charge in [0, 0.05) is 10.9 Å². The summed E-state index contributed by atoms with van der Waals surface area (Å²) in [5.41, 5.74) is 5.52. The summed E-state index contributed by atoms with van der Waals surface area (Å²) in [5, 5.41) is 7.40. The van der Waals surface area contributed by atoms with E-state index in [2.05, 4.69) is 15.5 Å². The number of benzene rings is 2. The van der Waals surface area contributed by atoms with Crippen molar-refractivity contribution in [3.8, 4) is 28.5 Å². The number of halogens is 1. The van der Waals surface area contributed by atoms with Crippen LogP contribution < -0.4 is 19.6 Å². The monoisotopic (exact) mass is 445 g/mol. The van der Waals surface area contributed by atoms with Crippen molar-refractivity contribution in [2.45, 2.75) is 20.3 Å². The van der Waals surface area contributed by atoms with Crippen LogP contribution in [0.3, 0.4) is 0 Å². The Balaban J connectivity index is 1.73. The molecule has 0 spiro atoms. The number of anilines is 1. The molecule has 0 unspecified atom stereocenters. The quantitative estimate of drug-likeness (QED) is 0.301. The molecule has 0 amide bonds. The molecule has 1 N–H and O–H groups in total. The molecule has 3 rings (SSSR count). The number of thiazole rings is 1. The highest BCUT2D eigenvalue weighted by molar-refractivity contribution is 7.14. The third-order valence-corrected chi connectivity index (χ3v) is 5.07. The van der Waals surface area contributed by atoms with Crippen LogP contribution in [0.15, 0.2) is 46.9 Å². The lowest BCUT2D eigenvalue weighted by molar-refractivity contribution is 0.277. The predicted octanol–water partition coefficient (Wildman–Crippen LogP) is 6.11. The van der Waals surface area contributed by atoms with Crippen molar-refractivity contribution in [2.75, 3.05) is 25.7 Å². The second-order valence-corrected chi connectivity index (χ2v) is 7.48. The number of hydrogen-bond donors (Lipinski definition) is 1. The van der Waals surface area contributed by atoms with Crippen LogP contribution >= 0.6 is 22.9 Å². The molecule has 0 atom stereocenters. The zero-order valence-corrected chi connectivity index (χ0v) is 18.7. The van der Waals surface area contributed by atoms with Crippen LogP contribution in [0.4, 0.5) is 5.13 Å². The van der Waals surface area contributed by atoms with Gasteiger partial charge in [0.15, 0.2) is 11.5 Å². The van der Waals surface area contributed by atoms with E-state index in [1.807, 2.05) is 49.6 Å². The van der Waals surface area contributed by atoms with Crippen molar-refractivity contribution in [2.24, 2.45) is 5.10 Å². The standard InChI is InChI=1S/C22H24ClN3O3S/c1-4-10-29-21-17(23)11-15(12-20(21)28-5-2)13-24-26-22-25-18(14-30-22)16-8-6-7-9-19(16)27-3/h6-9,11-14H,4-5,10H2,1-3H3,(H,25,26)/b24-13-. The van der Waals surface area contributed by atoms with Gasteiger partial charge in [-0.15, -0.1) is 11.3 Å². The van der Waals surface area contributed by atoms with Gasteiger partial charge in [-0.3, -0.25) is 5.43 Å². The third-order valence-electron chi connectivity index (χ3n) is 4.04. The van der Waals surface area contributed by atoms with Crippen molar-refractivity contribution >= 4 is 34.3 Å². The maximum Gasteiger partial charge on any atom is 0.203 e. The summed E-state index contributed by atoms with van der Waals surface area (Å²) in [4.78, 5) is 4.58. The van der Waals surface area contributed by atoms with Crippen molar-refractivity contribution in [3.63, 3.8) is 0 Å². The molecule has 2 aromatic carbocycles. The summed E-state index contributed by atoms with van der Waals surface area (Å²) in [5.74, 6) is 1.95. The Labute approximate surface area is 185 Å². The number of aromatic nitrogens is 1. The molecule has 158 valence electrons. The first kappa shape index (κ1) is 21.9. The number of methoxy groups -OCH3 is 1. The molecule has 0 radical (unpaired) electrons. The van der Waals surface area contributed by atoms with Crippen LogP contribution in [0, 0.1) is 0 Å². The molecule has 1 aromatic heterocycles. The van der Waals surface area contributed by atoms with Crippen LogP contribution in [-0.4, -0.2) is 31.5 Å². The molecule has 0 saturated heterocycles. The van der Waals surface area contributed by atoms with E-state index in [9.17, 15) is 0 Å². The molecular formula is C22H24ClN3O3S. The van der Waals surface area contributed by atoms with Gasteiger partial charge in [-0.05, 0) is 43.2 Å². The van der Waals surface area contributed by atoms with E-state index in [0.717, 1.165) is 29.0 Å². The average molecular weight is 446 g/mol. The molecule has 6 nitrogen and oxygen atoms in total. The summed E-state index contributed by atoms with van der Waals surface area (Å²) < 4.78 is 16.8. The zero-order valence-electron chi connectivity index (χ0n) is 17.1. The van der Waals surface area contributed by atoms with Crippen LogP contribution in [0.25, 0.3) is 11.3 Å². The summed E-state index contributed by atoms with van der Waals surface area (Å²) >= 11 is 7.85. The first-order valence-electron chi connectivity index (χ1n) is 9.63. The molecule has 30 heavy (non-hydrogen) atoms. The van der Waals surface area contributed by atoms with Gasteiger partial charge in [-0.1, -0.05) is 30.7 Å². The first-order chi connectivity index (χ1) is 14.7. The Morgan fingerprint density at radius 1 is 1.17 bits per heavy atom. The third kappa shape index (κ3) is 5.43. The van der Waals surface area contributed by atoms with Crippen molar-refractivity contribution in [1.29, 1.82) is 0 Å². The highest BCUT2D eigenvalue weighted by atomic mass is 35.5. The lowest BCUT2D eigenvalue weighted by atomic mass is 10.1. The summed E-state index contributed by atoms with van der Waals surface area (Å²) in [6, 6.07) is 11.4. The Morgan fingerprint density at radius 3 is 2.77 bits per heavy atom. The molecule has 3 aromatic rings. The second kappa shape index (κ2) is 10.8. The predicted molar refractivity (Wildman–Crippen MR) is 124 cm³/mol. The number of nitrogens with one attached hydrogen (secondary N) is 1. The van der Waals surface area contributed by atoms with Gasteiger partial charge in [-0.25, -0.2) is 4.98 Å². The van der Waals surface area contributed by atoms with E-state index < -0.39 is 0 Å². The Kier molecular flexibility index (Phi) is 7.93. The molecule has 0 bridgehead atoms. The van der Waals surface area contributed by atoms with Gasteiger partial charge in [0.05, 0.1) is 37.3 Å². The van der Waals surface area contributed by atoms with E-state index in [0.29, 0.717) is 34.9 Å². The van der Waals surface area contributed by atoms with E-state index in [1.165, 1.54) is 11.3 Å². The van der Waals surface area contributed by atoms with E-state index >= 15 is 0 Å². The fourth-order valence-corrected chi connectivity index (χ4v) is 3.67. The average Bonchev–Trinajstić information content (AvgIpc) is 3.22. The highest BCUT2D eigenvalue weighted by Gasteiger charge is 2.12. The fraction of sp³-hybridized carbons (Fsp3) is 0.273. The SMILES string of the molecule is CCCOc1c(Cl)cc(/C=N\Nc2nc(-c3ccccc3OC)cs2)cc1OCC. The first-order valence-corrected chi connectivity index (χ1v) is 10.9. The van der Waals surface area contributed by atoms with Crippen molar-refractivity contribution in [3.05, 3.63) is 52.4 Å². The lowest BCUT2D eigenvalue weighted by Gasteiger charge is -2.13. The molecular weight excluding hydrogens is 422 g/mol. The Morgan fingerprint density at radius 2 is 2.00 bits per heavy atom. The van der Waals surface area contributed by atoms with E-state index in [4.69, 9.17) is 25.8 Å². The second-order valence-electron chi connectivity index (χ2n) is 6.22. The van der Waals surface area contributed by atoms with Crippen LogP contribution in [0.1, 0.15) is 25.8 Å². The molecule has 8 heteroatoms. The molecule has 0 fully saturated rings. The lowest BCUT2D eigenvalue weighted by Crippen LogP contribution is -2.02. The largest absolute Gasteiger partial charge is 0.496 e. The highest BCUT2D eigenvalue weighted by Crippen LogP contribution is 2.36. The zero-order chi connectivity index (χ0) is 21.3.